The van der Waals surface area contributed by atoms with Gasteiger partial charge < -0.3 is 14.5 Å². The molecule has 3 aromatic carbocycles. The molecule has 0 aliphatic carbocycles. The summed E-state index contributed by atoms with van der Waals surface area (Å²) < 4.78 is 3.99. The van der Waals surface area contributed by atoms with E-state index in [1.54, 1.807) is 18.6 Å². The highest BCUT2D eigenvalue weighted by Crippen LogP contribution is 2.32. The Morgan fingerprint density at radius 1 is 0.865 bits per heavy atom. The molecule has 1 N–H and O–H groups in total. The van der Waals surface area contributed by atoms with E-state index in [-0.39, 0.29) is 5.91 Å². The van der Waals surface area contributed by atoms with Gasteiger partial charge >= 0.3 is 0 Å². The third kappa shape index (κ3) is 4.56. The third-order valence-corrected chi connectivity index (χ3v) is 6.41. The minimum atomic E-state index is -0.125. The molecule has 6 rings (SSSR count). The van der Waals surface area contributed by atoms with Crippen molar-refractivity contribution in [1.29, 1.82) is 0 Å². The maximum Gasteiger partial charge on any atom is 0.251 e. The third-order valence-electron chi connectivity index (χ3n) is 6.41. The van der Waals surface area contributed by atoms with Crippen molar-refractivity contribution in [3.8, 4) is 22.5 Å². The van der Waals surface area contributed by atoms with Crippen LogP contribution in [0.5, 0.6) is 0 Å². The molecule has 0 atom stereocenters. The Morgan fingerprint density at radius 3 is 2.54 bits per heavy atom. The standard InChI is InChI=1S/C29H25N7O/c1-35-19-32-25-16-21(9-11-26(25)35)28-27(20-6-3-2-4-7-20)34-24-17-22(8-10-23(24)33-28)29(37)31-12-5-14-36-15-13-30-18-36/h2-4,6-11,13,15-19H,5,12,14H2,1H3,(H,31,37). The zero-order valence-electron chi connectivity index (χ0n) is 20.4. The number of nitrogens with zero attached hydrogens (tertiary/aromatic N) is 6. The van der Waals surface area contributed by atoms with Crippen molar-refractivity contribution in [2.45, 2.75) is 13.0 Å². The van der Waals surface area contributed by atoms with Crippen molar-refractivity contribution < 1.29 is 4.79 Å². The quantitative estimate of drug-likeness (QED) is 0.325. The fourth-order valence-corrected chi connectivity index (χ4v) is 4.46. The molecule has 0 radical (unpaired) electrons. The number of hydrogen-bond acceptors (Lipinski definition) is 5. The van der Waals surface area contributed by atoms with Gasteiger partial charge in [0.1, 0.15) is 0 Å². The SMILES string of the molecule is Cn1cnc2cc(-c3nc4ccc(C(=O)NCCCn5ccnc5)cc4nc3-c3ccccc3)ccc21. The van der Waals surface area contributed by atoms with E-state index in [4.69, 9.17) is 9.97 Å². The average Bonchev–Trinajstić information content (AvgIpc) is 3.60. The summed E-state index contributed by atoms with van der Waals surface area (Å²) in [4.78, 5) is 31.4. The van der Waals surface area contributed by atoms with Gasteiger partial charge in [-0.05, 0) is 36.8 Å². The van der Waals surface area contributed by atoms with E-state index >= 15 is 0 Å². The van der Waals surface area contributed by atoms with Crippen molar-refractivity contribution in [1.82, 2.24) is 34.4 Å². The number of hydrogen-bond donors (Lipinski definition) is 1. The predicted octanol–water partition coefficient (Wildman–Crippen LogP) is 4.87. The van der Waals surface area contributed by atoms with Gasteiger partial charge in [0.15, 0.2) is 0 Å². The number of carbonyl (C=O) groups excluding carboxylic acids is 1. The van der Waals surface area contributed by atoms with E-state index in [0.29, 0.717) is 17.6 Å². The maximum absolute atomic E-state index is 12.8. The minimum absolute atomic E-state index is 0.125. The van der Waals surface area contributed by atoms with Crippen LogP contribution >= 0.6 is 0 Å². The Bertz CT molecular complexity index is 1710. The molecule has 0 aliphatic rings. The summed E-state index contributed by atoms with van der Waals surface area (Å²) in [5, 5.41) is 3.00. The lowest BCUT2D eigenvalue weighted by Crippen LogP contribution is -2.25. The van der Waals surface area contributed by atoms with Crippen molar-refractivity contribution in [2.24, 2.45) is 7.05 Å². The highest BCUT2D eigenvalue weighted by molar-refractivity contribution is 5.98. The topological polar surface area (TPSA) is 90.5 Å². The summed E-state index contributed by atoms with van der Waals surface area (Å²) >= 11 is 0. The molecule has 1 amide bonds. The first kappa shape index (κ1) is 22.6. The summed E-state index contributed by atoms with van der Waals surface area (Å²) in [6, 6.07) is 21.6. The molecular weight excluding hydrogens is 462 g/mol. The van der Waals surface area contributed by atoms with Crippen LogP contribution in [-0.4, -0.2) is 41.5 Å². The molecule has 3 aromatic heterocycles. The largest absolute Gasteiger partial charge is 0.352 e. The molecule has 37 heavy (non-hydrogen) atoms. The van der Waals surface area contributed by atoms with Crippen LogP contribution in [0, 0.1) is 0 Å². The van der Waals surface area contributed by atoms with Gasteiger partial charge in [0.05, 0.1) is 46.1 Å². The van der Waals surface area contributed by atoms with Gasteiger partial charge in [0.25, 0.3) is 5.91 Å². The van der Waals surface area contributed by atoms with Gasteiger partial charge in [-0.25, -0.2) is 19.9 Å². The van der Waals surface area contributed by atoms with E-state index in [0.717, 1.165) is 52.0 Å². The van der Waals surface area contributed by atoms with Crippen LogP contribution in [-0.2, 0) is 13.6 Å². The van der Waals surface area contributed by atoms with Crippen molar-refractivity contribution in [3.05, 3.63) is 97.3 Å². The molecular formula is C29H25N7O. The minimum Gasteiger partial charge on any atom is -0.352 e. The zero-order valence-corrected chi connectivity index (χ0v) is 20.4. The number of nitrogens with one attached hydrogen (secondary N) is 1. The summed E-state index contributed by atoms with van der Waals surface area (Å²) in [6.45, 7) is 1.38. The average molecular weight is 488 g/mol. The van der Waals surface area contributed by atoms with Gasteiger partial charge in [-0.1, -0.05) is 36.4 Å². The van der Waals surface area contributed by atoms with Crippen LogP contribution < -0.4 is 5.32 Å². The molecule has 0 fully saturated rings. The van der Waals surface area contributed by atoms with Crippen LogP contribution in [0.15, 0.2) is 91.8 Å². The van der Waals surface area contributed by atoms with E-state index in [1.165, 1.54) is 0 Å². The van der Waals surface area contributed by atoms with Crippen LogP contribution in [0.1, 0.15) is 16.8 Å². The lowest BCUT2D eigenvalue weighted by molar-refractivity contribution is 0.0953. The summed E-state index contributed by atoms with van der Waals surface area (Å²) in [5.74, 6) is -0.125. The molecule has 8 heteroatoms. The second-order valence-electron chi connectivity index (χ2n) is 8.96. The van der Waals surface area contributed by atoms with Gasteiger partial charge in [0.2, 0.25) is 0 Å². The fraction of sp³-hybridized carbons (Fsp3) is 0.138. The second-order valence-corrected chi connectivity index (χ2v) is 8.96. The van der Waals surface area contributed by atoms with Crippen LogP contribution in [0.3, 0.4) is 0 Å². The number of fused-ring (bicyclic) bond motifs is 2. The Kier molecular flexibility index (Phi) is 5.90. The number of aryl methyl sites for hydroxylation is 2. The summed E-state index contributed by atoms with van der Waals surface area (Å²) in [7, 11) is 1.98. The lowest BCUT2D eigenvalue weighted by atomic mass is 10.0. The Hall–Kier alpha value is -4.85. The molecule has 182 valence electrons. The monoisotopic (exact) mass is 487 g/mol. The fourth-order valence-electron chi connectivity index (χ4n) is 4.46. The van der Waals surface area contributed by atoms with Crippen LogP contribution in [0.2, 0.25) is 0 Å². The molecule has 0 saturated heterocycles. The summed E-state index contributed by atoms with van der Waals surface area (Å²) in [5.41, 5.74) is 7.37. The highest BCUT2D eigenvalue weighted by Gasteiger charge is 2.16. The number of rotatable bonds is 7. The highest BCUT2D eigenvalue weighted by atomic mass is 16.1. The Morgan fingerprint density at radius 2 is 1.70 bits per heavy atom. The molecule has 6 aromatic rings. The molecule has 0 aliphatic heterocycles. The van der Waals surface area contributed by atoms with Crippen molar-refractivity contribution >= 4 is 28.0 Å². The van der Waals surface area contributed by atoms with Crippen LogP contribution in [0.25, 0.3) is 44.6 Å². The molecule has 0 unspecified atom stereocenters. The maximum atomic E-state index is 12.8. The van der Waals surface area contributed by atoms with Crippen LogP contribution in [0.4, 0.5) is 0 Å². The number of carbonyl (C=O) groups is 1. The van der Waals surface area contributed by atoms with Gasteiger partial charge in [-0.3, -0.25) is 4.79 Å². The van der Waals surface area contributed by atoms with Gasteiger partial charge in [-0.15, -0.1) is 0 Å². The first-order valence-electron chi connectivity index (χ1n) is 12.2. The molecule has 0 spiro atoms. The smallest absolute Gasteiger partial charge is 0.251 e. The first-order chi connectivity index (χ1) is 18.2. The second kappa shape index (κ2) is 9.66. The normalized spacial score (nSPS) is 11.3. The Labute approximate surface area is 213 Å². The number of aromatic nitrogens is 6. The number of amides is 1. The first-order valence-corrected chi connectivity index (χ1v) is 12.2. The van der Waals surface area contributed by atoms with E-state index in [2.05, 4.69) is 27.4 Å². The number of benzene rings is 3. The zero-order chi connectivity index (χ0) is 25.2. The lowest BCUT2D eigenvalue weighted by Gasteiger charge is -2.12. The van der Waals surface area contributed by atoms with Gasteiger partial charge in [-0.2, -0.15) is 0 Å². The Balaban J connectivity index is 1.33. The van der Waals surface area contributed by atoms with Crippen molar-refractivity contribution in [2.75, 3.05) is 6.54 Å². The van der Waals surface area contributed by atoms with E-state index in [9.17, 15) is 4.79 Å². The molecule has 0 saturated carbocycles. The van der Waals surface area contributed by atoms with Crippen molar-refractivity contribution in [3.63, 3.8) is 0 Å². The van der Waals surface area contributed by atoms with Gasteiger partial charge in [0, 0.05) is 49.2 Å². The predicted molar refractivity (Wildman–Crippen MR) is 144 cm³/mol. The summed E-state index contributed by atoms with van der Waals surface area (Å²) in [6.07, 6.45) is 8.06. The molecule has 3 heterocycles. The molecule has 8 nitrogen and oxygen atoms in total. The molecule has 0 bridgehead atoms. The van der Waals surface area contributed by atoms with E-state index in [1.807, 2.05) is 77.2 Å². The van der Waals surface area contributed by atoms with E-state index < -0.39 is 0 Å². The number of imidazole rings is 2.